The van der Waals surface area contributed by atoms with Crippen molar-refractivity contribution in [2.45, 2.75) is 45.3 Å². The average Bonchev–Trinajstić information content (AvgIpc) is 2.86. The third-order valence-corrected chi connectivity index (χ3v) is 4.79. The monoisotopic (exact) mass is 284 g/mol. The maximum atomic E-state index is 12.1. The van der Waals surface area contributed by atoms with Crippen LogP contribution in [0, 0.1) is 16.7 Å². The van der Waals surface area contributed by atoms with Crippen LogP contribution >= 0.6 is 0 Å². The Morgan fingerprint density at radius 1 is 1.43 bits per heavy atom. The number of carbonyl (C=O) groups is 1. The van der Waals surface area contributed by atoms with Gasteiger partial charge in [-0.05, 0) is 41.5 Å². The fourth-order valence-corrected chi connectivity index (χ4v) is 3.60. The van der Waals surface area contributed by atoms with Gasteiger partial charge in [0.05, 0.1) is 23.8 Å². The van der Waals surface area contributed by atoms with Gasteiger partial charge in [0.25, 0.3) is 0 Å². The number of nitrogens with zero attached hydrogens (tertiary/aromatic N) is 2. The molecule has 1 saturated heterocycles. The molecule has 1 heterocycles. The van der Waals surface area contributed by atoms with Gasteiger partial charge in [-0.25, -0.2) is 0 Å². The fourth-order valence-electron chi connectivity index (χ4n) is 3.60. The number of fused-ring (bicyclic) bond motifs is 1. The molecule has 1 aromatic carbocycles. The van der Waals surface area contributed by atoms with Crippen LogP contribution in [0.3, 0.4) is 0 Å². The van der Waals surface area contributed by atoms with Crippen molar-refractivity contribution in [3.8, 4) is 6.07 Å². The van der Waals surface area contributed by atoms with E-state index in [0.717, 1.165) is 24.0 Å². The van der Waals surface area contributed by atoms with Crippen molar-refractivity contribution in [3.05, 3.63) is 34.9 Å². The van der Waals surface area contributed by atoms with Crippen molar-refractivity contribution >= 4 is 5.91 Å². The molecule has 1 amide bonds. The predicted octanol–water partition coefficient (Wildman–Crippen LogP) is 2.16. The van der Waals surface area contributed by atoms with Crippen molar-refractivity contribution in [1.29, 1.82) is 5.26 Å². The highest BCUT2D eigenvalue weighted by molar-refractivity contribution is 5.79. The molecule has 0 spiro atoms. The second-order valence-electron chi connectivity index (χ2n) is 6.77. The van der Waals surface area contributed by atoms with Crippen LogP contribution in [-0.2, 0) is 11.2 Å². The molecule has 1 fully saturated rings. The predicted molar refractivity (Wildman–Crippen MR) is 78.3 cm³/mol. The summed E-state index contributed by atoms with van der Waals surface area (Å²) < 4.78 is 0. The second-order valence-corrected chi connectivity index (χ2v) is 6.77. The molecule has 0 saturated carbocycles. The molecule has 4 heteroatoms. The number of aliphatic hydroxyl groups is 1. The maximum Gasteiger partial charge on any atom is 0.223 e. The van der Waals surface area contributed by atoms with E-state index in [1.165, 1.54) is 0 Å². The zero-order valence-electron chi connectivity index (χ0n) is 12.5. The van der Waals surface area contributed by atoms with Crippen LogP contribution in [0.25, 0.3) is 0 Å². The van der Waals surface area contributed by atoms with Crippen LogP contribution in [-0.4, -0.2) is 28.6 Å². The summed E-state index contributed by atoms with van der Waals surface area (Å²) in [4.78, 5) is 13.9. The molecule has 2 aliphatic rings. The Labute approximate surface area is 125 Å². The number of likely N-dealkylation sites (tertiary alicyclic amines) is 1. The minimum absolute atomic E-state index is 0.102. The van der Waals surface area contributed by atoms with Gasteiger partial charge in [-0.15, -0.1) is 0 Å². The summed E-state index contributed by atoms with van der Waals surface area (Å²) in [7, 11) is 0. The van der Waals surface area contributed by atoms with Gasteiger partial charge in [-0.1, -0.05) is 19.9 Å². The molecule has 1 aliphatic carbocycles. The third-order valence-electron chi connectivity index (χ3n) is 4.79. The zero-order valence-corrected chi connectivity index (χ0v) is 12.5. The molecule has 1 aliphatic heterocycles. The van der Waals surface area contributed by atoms with Crippen LogP contribution in [0.4, 0.5) is 0 Å². The molecule has 0 bridgehead atoms. The van der Waals surface area contributed by atoms with Gasteiger partial charge in [-0.3, -0.25) is 4.79 Å². The van der Waals surface area contributed by atoms with E-state index in [0.29, 0.717) is 18.5 Å². The molecule has 1 aromatic rings. The lowest BCUT2D eigenvalue weighted by atomic mass is 9.69. The SMILES string of the molecule is CC1(C)Cc2ccc(C#N)cc2C(N2CCCC2=O)C1O. The number of hydrogen-bond acceptors (Lipinski definition) is 3. The summed E-state index contributed by atoms with van der Waals surface area (Å²) in [5.74, 6) is 0.102. The Morgan fingerprint density at radius 2 is 2.19 bits per heavy atom. The van der Waals surface area contributed by atoms with E-state index in [2.05, 4.69) is 6.07 Å². The molecule has 3 rings (SSSR count). The van der Waals surface area contributed by atoms with Crippen molar-refractivity contribution in [1.82, 2.24) is 4.90 Å². The van der Waals surface area contributed by atoms with Gasteiger partial charge in [0, 0.05) is 13.0 Å². The number of amides is 1. The van der Waals surface area contributed by atoms with Gasteiger partial charge in [-0.2, -0.15) is 5.26 Å². The number of benzene rings is 1. The third kappa shape index (κ3) is 2.22. The molecule has 21 heavy (non-hydrogen) atoms. The lowest BCUT2D eigenvalue weighted by Crippen LogP contribution is -2.48. The highest BCUT2D eigenvalue weighted by Gasteiger charge is 2.45. The number of hydrogen-bond donors (Lipinski definition) is 1. The molecule has 0 aromatic heterocycles. The van der Waals surface area contributed by atoms with E-state index in [1.807, 2.05) is 32.0 Å². The van der Waals surface area contributed by atoms with Gasteiger partial charge in [0.15, 0.2) is 0 Å². The number of rotatable bonds is 1. The van der Waals surface area contributed by atoms with Gasteiger partial charge in [0.1, 0.15) is 0 Å². The smallest absolute Gasteiger partial charge is 0.223 e. The molecule has 2 atom stereocenters. The minimum atomic E-state index is -0.610. The van der Waals surface area contributed by atoms with Gasteiger partial charge >= 0.3 is 0 Å². The first kappa shape index (κ1) is 14.1. The van der Waals surface area contributed by atoms with E-state index >= 15 is 0 Å². The normalized spacial score (nSPS) is 27.3. The standard InChI is InChI=1S/C17H20N2O2/c1-17(2)9-12-6-5-11(10-18)8-13(12)15(16(17)21)19-7-3-4-14(19)20/h5-6,8,15-16,21H,3-4,7,9H2,1-2H3. The van der Waals surface area contributed by atoms with Crippen LogP contribution in [0.15, 0.2) is 18.2 Å². The zero-order chi connectivity index (χ0) is 15.2. The molecule has 2 unspecified atom stereocenters. The molecular formula is C17H20N2O2. The average molecular weight is 284 g/mol. The number of nitriles is 1. The molecule has 0 radical (unpaired) electrons. The van der Waals surface area contributed by atoms with E-state index in [4.69, 9.17) is 5.26 Å². The molecule has 1 N–H and O–H groups in total. The highest BCUT2D eigenvalue weighted by Crippen LogP contribution is 2.45. The van der Waals surface area contributed by atoms with Crippen molar-refractivity contribution in [3.63, 3.8) is 0 Å². The highest BCUT2D eigenvalue weighted by atomic mass is 16.3. The Balaban J connectivity index is 2.12. The lowest BCUT2D eigenvalue weighted by molar-refractivity contribution is -0.135. The summed E-state index contributed by atoms with van der Waals surface area (Å²) in [5, 5.41) is 19.9. The van der Waals surface area contributed by atoms with Gasteiger partial charge in [0.2, 0.25) is 5.91 Å². The first-order chi connectivity index (χ1) is 9.94. The minimum Gasteiger partial charge on any atom is -0.390 e. The number of carbonyl (C=O) groups excluding carboxylic acids is 1. The van der Waals surface area contributed by atoms with Crippen LogP contribution in [0.2, 0.25) is 0 Å². The largest absolute Gasteiger partial charge is 0.390 e. The topological polar surface area (TPSA) is 64.3 Å². The van der Waals surface area contributed by atoms with E-state index in [-0.39, 0.29) is 17.4 Å². The second kappa shape index (κ2) is 4.85. The summed E-state index contributed by atoms with van der Waals surface area (Å²) in [5.41, 5.74) is 2.37. The molecular weight excluding hydrogens is 264 g/mol. The summed E-state index contributed by atoms with van der Waals surface area (Å²) in [6, 6.07) is 7.44. The van der Waals surface area contributed by atoms with Crippen molar-refractivity contribution in [2.24, 2.45) is 5.41 Å². The first-order valence-electron chi connectivity index (χ1n) is 7.44. The lowest BCUT2D eigenvalue weighted by Gasteiger charge is -2.45. The van der Waals surface area contributed by atoms with Crippen molar-refractivity contribution < 1.29 is 9.90 Å². The number of aliphatic hydroxyl groups excluding tert-OH is 1. The molecule has 110 valence electrons. The van der Waals surface area contributed by atoms with Gasteiger partial charge < -0.3 is 10.0 Å². The summed E-state index contributed by atoms with van der Waals surface area (Å²) >= 11 is 0. The Morgan fingerprint density at radius 3 is 2.81 bits per heavy atom. The van der Waals surface area contributed by atoms with E-state index in [9.17, 15) is 9.90 Å². The van der Waals surface area contributed by atoms with E-state index < -0.39 is 6.10 Å². The Kier molecular flexibility index (Phi) is 3.26. The maximum absolute atomic E-state index is 12.1. The summed E-state index contributed by atoms with van der Waals surface area (Å²) in [6.07, 6.45) is 1.54. The van der Waals surface area contributed by atoms with Crippen molar-refractivity contribution in [2.75, 3.05) is 6.54 Å². The van der Waals surface area contributed by atoms with Crippen LogP contribution < -0.4 is 0 Å². The summed E-state index contributed by atoms with van der Waals surface area (Å²) in [6.45, 7) is 4.76. The van der Waals surface area contributed by atoms with Crippen LogP contribution in [0.5, 0.6) is 0 Å². The van der Waals surface area contributed by atoms with E-state index in [1.54, 1.807) is 4.90 Å². The molecule has 4 nitrogen and oxygen atoms in total. The van der Waals surface area contributed by atoms with Crippen LogP contribution in [0.1, 0.15) is 49.4 Å². The first-order valence-corrected chi connectivity index (χ1v) is 7.44. The fraction of sp³-hybridized carbons (Fsp3) is 0.529. The Bertz CT molecular complexity index is 630. The quantitative estimate of drug-likeness (QED) is 0.859. The Hall–Kier alpha value is -1.86.